The van der Waals surface area contributed by atoms with Gasteiger partial charge in [0, 0.05) is 23.9 Å². The molecule has 0 radical (unpaired) electrons. The van der Waals surface area contributed by atoms with Crippen LogP contribution in [0.15, 0.2) is 41.0 Å². The normalized spacial score (nSPS) is 12.4. The summed E-state index contributed by atoms with van der Waals surface area (Å²) in [6.07, 6.45) is 1.50. The monoisotopic (exact) mass is 309 g/mol. The van der Waals surface area contributed by atoms with Crippen LogP contribution in [0.4, 0.5) is 4.39 Å². The lowest BCUT2D eigenvalue weighted by Gasteiger charge is -2.13. The van der Waals surface area contributed by atoms with Gasteiger partial charge in [0.2, 0.25) is 0 Å². The lowest BCUT2D eigenvalue weighted by atomic mass is 10.0. The predicted molar refractivity (Wildman–Crippen MR) is 71.7 cm³/mol. The number of nitrogens with zero attached hydrogens (tertiary/aromatic N) is 1. The largest absolute Gasteiger partial charge is 0.388 e. The van der Waals surface area contributed by atoms with Crippen molar-refractivity contribution in [2.45, 2.75) is 19.4 Å². The Labute approximate surface area is 114 Å². The van der Waals surface area contributed by atoms with Crippen LogP contribution < -0.4 is 0 Å². The molecule has 0 fully saturated rings. The summed E-state index contributed by atoms with van der Waals surface area (Å²) >= 11 is 3.14. The van der Waals surface area contributed by atoms with Crippen LogP contribution in [0.1, 0.15) is 22.9 Å². The molecule has 2 aromatic rings. The van der Waals surface area contributed by atoms with Crippen molar-refractivity contribution in [2.75, 3.05) is 0 Å². The van der Waals surface area contributed by atoms with E-state index >= 15 is 0 Å². The van der Waals surface area contributed by atoms with Gasteiger partial charge in [-0.2, -0.15) is 0 Å². The van der Waals surface area contributed by atoms with Crippen molar-refractivity contribution in [3.63, 3.8) is 0 Å². The molecular weight excluding hydrogens is 297 g/mol. The van der Waals surface area contributed by atoms with Crippen LogP contribution in [-0.2, 0) is 6.42 Å². The van der Waals surface area contributed by atoms with Gasteiger partial charge in [-0.05, 0) is 46.6 Å². The van der Waals surface area contributed by atoms with Crippen molar-refractivity contribution in [1.82, 2.24) is 4.98 Å². The minimum absolute atomic E-state index is 0.300. The molecule has 1 N–H and O–H groups in total. The third-order valence-electron chi connectivity index (χ3n) is 2.82. The van der Waals surface area contributed by atoms with Gasteiger partial charge < -0.3 is 5.11 Å². The molecule has 0 aliphatic rings. The van der Waals surface area contributed by atoms with Crippen molar-refractivity contribution < 1.29 is 9.50 Å². The first-order valence-corrected chi connectivity index (χ1v) is 6.40. The molecule has 2 nitrogen and oxygen atoms in total. The van der Waals surface area contributed by atoms with Crippen LogP contribution >= 0.6 is 15.9 Å². The van der Waals surface area contributed by atoms with Crippen molar-refractivity contribution >= 4 is 15.9 Å². The molecular formula is C14H13BrFNO. The van der Waals surface area contributed by atoms with E-state index in [1.165, 1.54) is 6.07 Å². The highest BCUT2D eigenvalue weighted by Crippen LogP contribution is 2.23. The fourth-order valence-electron chi connectivity index (χ4n) is 1.85. The van der Waals surface area contributed by atoms with Gasteiger partial charge in [-0.25, -0.2) is 4.39 Å². The summed E-state index contributed by atoms with van der Waals surface area (Å²) in [6, 6.07) is 8.40. The van der Waals surface area contributed by atoms with E-state index in [1.54, 1.807) is 24.4 Å². The Balaban J connectivity index is 2.19. The molecule has 0 aliphatic heterocycles. The minimum Gasteiger partial charge on any atom is -0.388 e. The zero-order chi connectivity index (χ0) is 13.1. The van der Waals surface area contributed by atoms with E-state index in [-0.39, 0.29) is 5.82 Å². The topological polar surface area (TPSA) is 33.1 Å². The average Bonchev–Trinajstić information content (AvgIpc) is 2.34. The highest BCUT2D eigenvalue weighted by Gasteiger charge is 2.12. The number of rotatable bonds is 3. The molecule has 4 heteroatoms. The van der Waals surface area contributed by atoms with E-state index < -0.39 is 6.10 Å². The molecule has 1 heterocycles. The Bertz CT molecular complexity index is 559. The van der Waals surface area contributed by atoms with Crippen molar-refractivity contribution in [3.05, 3.63) is 63.6 Å². The Morgan fingerprint density at radius 1 is 1.39 bits per heavy atom. The predicted octanol–water partition coefficient (Wildman–Crippen LogP) is 3.57. The molecule has 0 amide bonds. The molecule has 0 aliphatic carbocycles. The lowest BCUT2D eigenvalue weighted by molar-refractivity contribution is 0.177. The number of aliphatic hydroxyl groups excluding tert-OH is 1. The number of benzene rings is 1. The van der Waals surface area contributed by atoms with Gasteiger partial charge in [0.05, 0.1) is 10.6 Å². The Morgan fingerprint density at radius 3 is 2.83 bits per heavy atom. The van der Waals surface area contributed by atoms with E-state index in [0.29, 0.717) is 10.9 Å². The van der Waals surface area contributed by atoms with Gasteiger partial charge in [0.1, 0.15) is 5.82 Å². The maximum absolute atomic E-state index is 13.1. The highest BCUT2D eigenvalue weighted by atomic mass is 79.9. The fraction of sp³-hybridized carbons (Fsp3) is 0.214. The number of aliphatic hydroxyl groups is 1. The third-order valence-corrected chi connectivity index (χ3v) is 3.43. The van der Waals surface area contributed by atoms with Crippen LogP contribution in [0.2, 0.25) is 0 Å². The standard InChI is InChI=1S/C14H13BrFNO/c1-9-11(3-2-6-17-9)14(18)8-10-4-5-13(16)12(15)7-10/h2-7,14,18H,8H2,1H3. The first-order valence-electron chi connectivity index (χ1n) is 5.61. The Kier molecular flexibility index (Phi) is 4.09. The Hall–Kier alpha value is -1.26. The number of hydrogen-bond acceptors (Lipinski definition) is 2. The van der Waals surface area contributed by atoms with Crippen LogP contribution in [0.25, 0.3) is 0 Å². The van der Waals surface area contributed by atoms with E-state index in [1.807, 2.05) is 13.0 Å². The summed E-state index contributed by atoms with van der Waals surface area (Å²) in [5.41, 5.74) is 2.49. The van der Waals surface area contributed by atoms with E-state index in [0.717, 1.165) is 16.8 Å². The van der Waals surface area contributed by atoms with Gasteiger partial charge in [-0.1, -0.05) is 12.1 Å². The maximum atomic E-state index is 13.1. The van der Waals surface area contributed by atoms with Gasteiger partial charge in [-0.15, -0.1) is 0 Å². The molecule has 1 aromatic heterocycles. The first kappa shape index (κ1) is 13.2. The molecule has 2 rings (SSSR count). The Morgan fingerprint density at radius 2 is 2.17 bits per heavy atom. The fourth-order valence-corrected chi connectivity index (χ4v) is 2.27. The summed E-state index contributed by atoms with van der Waals surface area (Å²) in [7, 11) is 0. The average molecular weight is 310 g/mol. The molecule has 0 saturated carbocycles. The van der Waals surface area contributed by atoms with Crippen molar-refractivity contribution in [3.8, 4) is 0 Å². The second kappa shape index (κ2) is 5.59. The summed E-state index contributed by atoms with van der Waals surface area (Å²) < 4.78 is 13.5. The second-order valence-electron chi connectivity index (χ2n) is 4.15. The summed E-state index contributed by atoms with van der Waals surface area (Å²) in [5.74, 6) is -0.300. The van der Waals surface area contributed by atoms with Crippen LogP contribution in [0.3, 0.4) is 0 Å². The number of halogens is 2. The molecule has 1 aromatic carbocycles. The van der Waals surface area contributed by atoms with Crippen molar-refractivity contribution in [2.24, 2.45) is 0 Å². The van der Waals surface area contributed by atoms with Crippen LogP contribution in [0, 0.1) is 12.7 Å². The number of pyridine rings is 1. The first-order chi connectivity index (χ1) is 8.58. The number of aryl methyl sites for hydroxylation is 1. The minimum atomic E-state index is -0.629. The molecule has 94 valence electrons. The molecule has 18 heavy (non-hydrogen) atoms. The zero-order valence-electron chi connectivity index (χ0n) is 9.90. The van der Waals surface area contributed by atoms with E-state index in [2.05, 4.69) is 20.9 Å². The van der Waals surface area contributed by atoms with Crippen molar-refractivity contribution in [1.29, 1.82) is 0 Å². The van der Waals surface area contributed by atoms with E-state index in [4.69, 9.17) is 0 Å². The number of hydrogen-bond donors (Lipinski definition) is 1. The molecule has 1 atom stereocenters. The lowest BCUT2D eigenvalue weighted by Crippen LogP contribution is -2.05. The summed E-state index contributed by atoms with van der Waals surface area (Å²) in [6.45, 7) is 1.86. The second-order valence-corrected chi connectivity index (χ2v) is 5.00. The zero-order valence-corrected chi connectivity index (χ0v) is 11.5. The van der Waals surface area contributed by atoms with Gasteiger partial charge in [0.15, 0.2) is 0 Å². The quantitative estimate of drug-likeness (QED) is 0.940. The number of aromatic nitrogens is 1. The maximum Gasteiger partial charge on any atom is 0.137 e. The molecule has 1 unspecified atom stereocenters. The SMILES string of the molecule is Cc1ncccc1C(O)Cc1ccc(F)c(Br)c1. The summed E-state index contributed by atoms with van der Waals surface area (Å²) in [4.78, 5) is 4.14. The smallest absolute Gasteiger partial charge is 0.137 e. The third kappa shape index (κ3) is 2.94. The van der Waals surface area contributed by atoms with Gasteiger partial charge in [0.25, 0.3) is 0 Å². The van der Waals surface area contributed by atoms with Gasteiger partial charge in [-0.3, -0.25) is 4.98 Å². The van der Waals surface area contributed by atoms with Gasteiger partial charge >= 0.3 is 0 Å². The summed E-state index contributed by atoms with van der Waals surface area (Å²) in [5, 5.41) is 10.2. The van der Waals surface area contributed by atoms with Crippen LogP contribution in [-0.4, -0.2) is 10.1 Å². The molecule has 0 saturated heterocycles. The van der Waals surface area contributed by atoms with E-state index in [9.17, 15) is 9.50 Å². The van der Waals surface area contributed by atoms with Crippen LogP contribution in [0.5, 0.6) is 0 Å². The highest BCUT2D eigenvalue weighted by molar-refractivity contribution is 9.10. The molecule has 0 bridgehead atoms. The molecule has 0 spiro atoms.